The number of hydrogen-bond donors (Lipinski definition) is 1. The van der Waals surface area contributed by atoms with Crippen molar-refractivity contribution >= 4 is 0 Å². The first kappa shape index (κ1) is 11.7. The van der Waals surface area contributed by atoms with Gasteiger partial charge in [0.15, 0.2) is 5.82 Å². The number of imidazole rings is 1. The number of aromatic nitrogens is 4. The second kappa shape index (κ2) is 5.07. The minimum Gasteiger partial charge on any atom is -0.467 e. The molecule has 0 aliphatic rings. The van der Waals surface area contributed by atoms with Gasteiger partial charge in [0, 0.05) is 19.4 Å². The summed E-state index contributed by atoms with van der Waals surface area (Å²) in [4.78, 5) is 8.32. The summed E-state index contributed by atoms with van der Waals surface area (Å²) in [6, 6.07) is 3.60. The van der Waals surface area contributed by atoms with Crippen molar-refractivity contribution < 1.29 is 8.94 Å². The molecule has 19 heavy (non-hydrogen) atoms. The average Bonchev–Trinajstić information content (AvgIpc) is 3.13. The van der Waals surface area contributed by atoms with E-state index in [0.29, 0.717) is 12.4 Å². The van der Waals surface area contributed by atoms with E-state index >= 15 is 0 Å². The molecule has 0 fully saturated rings. The van der Waals surface area contributed by atoms with Crippen molar-refractivity contribution in [1.82, 2.24) is 25.0 Å². The van der Waals surface area contributed by atoms with E-state index in [2.05, 4.69) is 20.4 Å². The molecule has 0 aromatic carbocycles. The highest BCUT2D eigenvalue weighted by Crippen LogP contribution is 2.20. The maximum absolute atomic E-state index is 5.46. The Balaban J connectivity index is 1.83. The van der Waals surface area contributed by atoms with Crippen molar-refractivity contribution in [2.45, 2.75) is 12.6 Å². The second-order valence-corrected chi connectivity index (χ2v) is 4.07. The van der Waals surface area contributed by atoms with Crippen molar-refractivity contribution in [3.63, 3.8) is 0 Å². The Labute approximate surface area is 109 Å². The molecule has 0 amide bonds. The molecule has 1 N–H and O–H groups in total. The highest BCUT2D eigenvalue weighted by molar-refractivity contribution is 5.15. The molecule has 98 valence electrons. The molecule has 0 aliphatic heterocycles. The maximum Gasteiger partial charge on any atom is 0.213 e. The van der Waals surface area contributed by atoms with E-state index in [1.807, 2.05) is 29.9 Å². The molecule has 0 aliphatic carbocycles. The summed E-state index contributed by atoms with van der Waals surface area (Å²) < 4.78 is 12.1. The van der Waals surface area contributed by atoms with E-state index < -0.39 is 0 Å². The fourth-order valence-electron chi connectivity index (χ4n) is 1.89. The van der Waals surface area contributed by atoms with E-state index in [0.717, 1.165) is 11.6 Å². The molecular weight excluding hydrogens is 246 g/mol. The minimum atomic E-state index is -0.159. The van der Waals surface area contributed by atoms with Gasteiger partial charge in [0.05, 0.1) is 12.8 Å². The molecule has 1 atom stereocenters. The van der Waals surface area contributed by atoms with Crippen molar-refractivity contribution in [2.75, 3.05) is 0 Å². The van der Waals surface area contributed by atoms with Crippen LogP contribution in [0.25, 0.3) is 0 Å². The van der Waals surface area contributed by atoms with Crippen LogP contribution in [0.15, 0.2) is 46.1 Å². The number of nitrogens with zero attached hydrogens (tertiary/aromatic N) is 4. The van der Waals surface area contributed by atoms with Crippen molar-refractivity contribution in [2.24, 2.45) is 7.05 Å². The Hall–Kier alpha value is -2.41. The van der Waals surface area contributed by atoms with Gasteiger partial charge in [-0.1, -0.05) is 5.16 Å². The molecule has 0 spiro atoms. The van der Waals surface area contributed by atoms with Crippen molar-refractivity contribution in [3.8, 4) is 0 Å². The van der Waals surface area contributed by atoms with Crippen LogP contribution in [0.4, 0.5) is 0 Å². The lowest BCUT2D eigenvalue weighted by molar-refractivity contribution is 0.396. The highest BCUT2D eigenvalue weighted by atomic mass is 16.5. The summed E-state index contributed by atoms with van der Waals surface area (Å²) in [6.45, 7) is 0.467. The molecule has 3 heterocycles. The largest absolute Gasteiger partial charge is 0.467 e. The minimum absolute atomic E-state index is 0.159. The number of hydrogen-bond acceptors (Lipinski definition) is 6. The van der Waals surface area contributed by atoms with E-state index in [1.165, 1.54) is 6.39 Å². The van der Waals surface area contributed by atoms with Crippen molar-refractivity contribution in [3.05, 3.63) is 54.6 Å². The number of rotatable bonds is 5. The van der Waals surface area contributed by atoms with Gasteiger partial charge in [-0.25, -0.2) is 4.98 Å². The van der Waals surface area contributed by atoms with Crippen LogP contribution < -0.4 is 5.32 Å². The molecule has 3 rings (SSSR count). The van der Waals surface area contributed by atoms with Gasteiger partial charge in [-0.3, -0.25) is 5.32 Å². The quantitative estimate of drug-likeness (QED) is 0.743. The smallest absolute Gasteiger partial charge is 0.213 e. The Morgan fingerprint density at radius 1 is 1.42 bits per heavy atom. The lowest BCUT2D eigenvalue weighted by Crippen LogP contribution is -2.24. The lowest BCUT2D eigenvalue weighted by Gasteiger charge is -2.15. The van der Waals surface area contributed by atoms with Crippen LogP contribution >= 0.6 is 0 Å². The topological polar surface area (TPSA) is 81.9 Å². The van der Waals surface area contributed by atoms with Gasteiger partial charge in [0.1, 0.15) is 17.6 Å². The monoisotopic (exact) mass is 259 g/mol. The predicted octanol–water partition coefficient (Wildman–Crippen LogP) is 1.28. The van der Waals surface area contributed by atoms with E-state index in [9.17, 15) is 0 Å². The van der Waals surface area contributed by atoms with Gasteiger partial charge in [-0.05, 0) is 12.1 Å². The summed E-state index contributed by atoms with van der Waals surface area (Å²) in [5.74, 6) is 2.24. The van der Waals surface area contributed by atoms with Crippen molar-refractivity contribution in [1.29, 1.82) is 0 Å². The number of aryl methyl sites for hydroxylation is 1. The van der Waals surface area contributed by atoms with Crippen LogP contribution in [0.5, 0.6) is 0 Å². The van der Waals surface area contributed by atoms with Crippen LogP contribution in [-0.2, 0) is 13.6 Å². The van der Waals surface area contributed by atoms with Gasteiger partial charge in [0.25, 0.3) is 0 Å². The van der Waals surface area contributed by atoms with Gasteiger partial charge in [-0.15, -0.1) is 0 Å². The summed E-state index contributed by atoms with van der Waals surface area (Å²) in [7, 11) is 1.94. The normalized spacial score (nSPS) is 12.7. The Kier molecular flexibility index (Phi) is 3.11. The SMILES string of the molecule is Cn1ccnc1C(NCc1ncon1)c1ccco1. The lowest BCUT2D eigenvalue weighted by atomic mass is 10.2. The van der Waals surface area contributed by atoms with E-state index in [-0.39, 0.29) is 6.04 Å². The van der Waals surface area contributed by atoms with Gasteiger partial charge >= 0.3 is 0 Å². The van der Waals surface area contributed by atoms with Crippen LogP contribution in [0.1, 0.15) is 23.5 Å². The molecule has 1 unspecified atom stereocenters. The maximum atomic E-state index is 5.46. The molecule has 7 heteroatoms. The van der Waals surface area contributed by atoms with E-state index in [1.54, 1.807) is 12.5 Å². The average molecular weight is 259 g/mol. The Morgan fingerprint density at radius 2 is 2.37 bits per heavy atom. The van der Waals surface area contributed by atoms with Crippen LogP contribution in [0.3, 0.4) is 0 Å². The Bertz CT molecular complexity index is 614. The zero-order valence-electron chi connectivity index (χ0n) is 10.4. The highest BCUT2D eigenvalue weighted by Gasteiger charge is 2.20. The van der Waals surface area contributed by atoms with E-state index in [4.69, 9.17) is 8.94 Å². The second-order valence-electron chi connectivity index (χ2n) is 4.07. The summed E-state index contributed by atoms with van der Waals surface area (Å²) >= 11 is 0. The van der Waals surface area contributed by atoms with Crippen LogP contribution in [0, 0.1) is 0 Å². The molecule has 0 bridgehead atoms. The first-order valence-corrected chi connectivity index (χ1v) is 5.84. The molecule has 3 aromatic heterocycles. The molecular formula is C12H13N5O2. The fraction of sp³-hybridized carbons (Fsp3) is 0.250. The van der Waals surface area contributed by atoms with Gasteiger partial charge in [0.2, 0.25) is 6.39 Å². The predicted molar refractivity (Wildman–Crippen MR) is 64.9 cm³/mol. The molecule has 3 aromatic rings. The molecule has 0 saturated heterocycles. The van der Waals surface area contributed by atoms with Crippen LogP contribution in [-0.4, -0.2) is 19.7 Å². The number of furan rings is 1. The van der Waals surface area contributed by atoms with Gasteiger partial charge < -0.3 is 13.5 Å². The third-order valence-electron chi connectivity index (χ3n) is 2.82. The van der Waals surface area contributed by atoms with Gasteiger partial charge in [-0.2, -0.15) is 4.98 Å². The Morgan fingerprint density at radius 3 is 3.00 bits per heavy atom. The molecule has 0 saturated carbocycles. The first-order valence-electron chi connectivity index (χ1n) is 5.84. The third kappa shape index (κ3) is 2.41. The van der Waals surface area contributed by atoms with Crippen LogP contribution in [0.2, 0.25) is 0 Å². The first-order chi connectivity index (χ1) is 9.34. The number of nitrogens with one attached hydrogen (secondary N) is 1. The molecule has 0 radical (unpaired) electrons. The summed E-state index contributed by atoms with van der Waals surface area (Å²) in [5.41, 5.74) is 0. The fourth-order valence-corrected chi connectivity index (χ4v) is 1.89. The molecule has 7 nitrogen and oxygen atoms in total. The zero-order chi connectivity index (χ0) is 13.1. The third-order valence-corrected chi connectivity index (χ3v) is 2.82. The summed E-state index contributed by atoms with van der Waals surface area (Å²) in [6.07, 6.45) is 6.59. The summed E-state index contributed by atoms with van der Waals surface area (Å²) in [5, 5.41) is 7.07. The zero-order valence-corrected chi connectivity index (χ0v) is 10.4. The standard InChI is InChI=1S/C12H13N5O2/c1-17-5-4-13-12(17)11(9-3-2-6-18-9)14-7-10-15-8-19-16-10/h2-6,8,11,14H,7H2,1H3.